The number of carbonyl (C=O) groups excluding carboxylic acids is 2. The Morgan fingerprint density at radius 2 is 1.79 bits per heavy atom. The fourth-order valence-electron chi connectivity index (χ4n) is 2.09. The second-order valence-corrected chi connectivity index (χ2v) is 5.92. The molecular formula is C17H15Cl2FN2O2. The molecule has 0 unspecified atom stereocenters. The number of halogens is 3. The van der Waals surface area contributed by atoms with E-state index < -0.39 is 5.82 Å². The molecule has 24 heavy (non-hydrogen) atoms. The van der Waals surface area contributed by atoms with Gasteiger partial charge in [0.15, 0.2) is 0 Å². The maximum atomic E-state index is 13.2. The predicted octanol–water partition coefficient (Wildman–Crippen LogP) is 4.51. The van der Waals surface area contributed by atoms with Gasteiger partial charge in [-0.15, -0.1) is 0 Å². The number of amides is 2. The van der Waals surface area contributed by atoms with Crippen LogP contribution in [0, 0.1) is 5.82 Å². The van der Waals surface area contributed by atoms with Crippen molar-refractivity contribution in [3.8, 4) is 0 Å². The standard InChI is InChI=1S/C17H15Cl2FN2O2/c1-11(23)22(14-6-7-16(20)15(19)10-14)9-8-17(24)21-13-4-2-12(18)3-5-13/h2-7,10H,8-9H2,1H3,(H,21,24). The van der Waals surface area contributed by atoms with Crippen molar-refractivity contribution in [1.29, 1.82) is 0 Å². The van der Waals surface area contributed by atoms with Crippen LogP contribution in [0.1, 0.15) is 13.3 Å². The van der Waals surface area contributed by atoms with Crippen molar-refractivity contribution in [2.24, 2.45) is 0 Å². The fraction of sp³-hybridized carbons (Fsp3) is 0.176. The van der Waals surface area contributed by atoms with Crippen LogP contribution in [0.5, 0.6) is 0 Å². The van der Waals surface area contributed by atoms with Gasteiger partial charge in [-0.3, -0.25) is 9.59 Å². The maximum absolute atomic E-state index is 13.2. The average molecular weight is 369 g/mol. The van der Waals surface area contributed by atoms with Crippen molar-refractivity contribution in [2.75, 3.05) is 16.8 Å². The van der Waals surface area contributed by atoms with Crippen molar-refractivity contribution in [3.05, 3.63) is 58.3 Å². The first-order valence-electron chi connectivity index (χ1n) is 7.15. The van der Waals surface area contributed by atoms with Crippen LogP contribution >= 0.6 is 23.2 Å². The number of nitrogens with one attached hydrogen (secondary N) is 1. The molecule has 0 saturated carbocycles. The van der Waals surface area contributed by atoms with Gasteiger partial charge in [-0.05, 0) is 42.5 Å². The highest BCUT2D eigenvalue weighted by Gasteiger charge is 2.15. The first kappa shape index (κ1) is 18.2. The quantitative estimate of drug-likeness (QED) is 0.843. The summed E-state index contributed by atoms with van der Waals surface area (Å²) in [5, 5.41) is 3.21. The lowest BCUT2D eigenvalue weighted by Crippen LogP contribution is -2.32. The molecule has 4 nitrogen and oxygen atoms in total. The Morgan fingerprint density at radius 1 is 1.12 bits per heavy atom. The van der Waals surface area contributed by atoms with Gasteiger partial charge in [0.1, 0.15) is 5.82 Å². The molecule has 7 heteroatoms. The van der Waals surface area contributed by atoms with Gasteiger partial charge in [0.2, 0.25) is 11.8 Å². The third-order valence-electron chi connectivity index (χ3n) is 3.29. The molecule has 0 aliphatic heterocycles. The smallest absolute Gasteiger partial charge is 0.226 e. The first-order chi connectivity index (χ1) is 11.4. The van der Waals surface area contributed by atoms with Gasteiger partial charge >= 0.3 is 0 Å². The summed E-state index contributed by atoms with van der Waals surface area (Å²) in [4.78, 5) is 25.2. The molecule has 2 amide bonds. The Hall–Kier alpha value is -2.11. The molecule has 0 aromatic heterocycles. The Balaban J connectivity index is 2.00. The largest absolute Gasteiger partial charge is 0.326 e. The van der Waals surface area contributed by atoms with Gasteiger partial charge < -0.3 is 10.2 Å². The Bertz CT molecular complexity index is 751. The van der Waals surface area contributed by atoms with Crippen molar-refractivity contribution in [3.63, 3.8) is 0 Å². The molecule has 126 valence electrons. The van der Waals surface area contributed by atoms with Crippen LogP contribution < -0.4 is 10.2 Å². The number of benzene rings is 2. The zero-order valence-corrected chi connectivity index (χ0v) is 14.4. The van der Waals surface area contributed by atoms with E-state index in [-0.39, 0.29) is 29.8 Å². The third-order valence-corrected chi connectivity index (χ3v) is 3.83. The number of hydrogen-bond donors (Lipinski definition) is 1. The second kappa shape index (κ2) is 8.13. The van der Waals surface area contributed by atoms with Gasteiger partial charge in [-0.1, -0.05) is 23.2 Å². The number of rotatable bonds is 5. The molecule has 0 atom stereocenters. The molecule has 2 aromatic carbocycles. The number of anilines is 2. The second-order valence-electron chi connectivity index (χ2n) is 5.07. The predicted molar refractivity (Wildman–Crippen MR) is 94.1 cm³/mol. The van der Waals surface area contributed by atoms with Gasteiger partial charge in [-0.25, -0.2) is 4.39 Å². The van der Waals surface area contributed by atoms with Gasteiger partial charge in [0.05, 0.1) is 5.02 Å². The molecule has 0 radical (unpaired) electrons. The van der Waals surface area contributed by atoms with Gasteiger partial charge in [-0.2, -0.15) is 0 Å². The van der Waals surface area contributed by atoms with Crippen LogP contribution in [0.4, 0.5) is 15.8 Å². The van der Waals surface area contributed by atoms with Crippen LogP contribution in [-0.4, -0.2) is 18.4 Å². The fourth-order valence-corrected chi connectivity index (χ4v) is 2.39. The molecule has 0 spiro atoms. The summed E-state index contributed by atoms with van der Waals surface area (Å²) in [6.45, 7) is 1.52. The molecule has 1 N–H and O–H groups in total. The van der Waals surface area contributed by atoms with Crippen molar-refractivity contribution < 1.29 is 14.0 Å². The minimum Gasteiger partial charge on any atom is -0.326 e. The Labute approximate surface area is 149 Å². The highest BCUT2D eigenvalue weighted by molar-refractivity contribution is 6.31. The van der Waals surface area contributed by atoms with E-state index in [1.807, 2.05) is 0 Å². The highest BCUT2D eigenvalue weighted by Crippen LogP contribution is 2.23. The number of carbonyl (C=O) groups is 2. The summed E-state index contributed by atoms with van der Waals surface area (Å²) in [6, 6.07) is 10.7. The zero-order valence-electron chi connectivity index (χ0n) is 12.9. The summed E-state index contributed by atoms with van der Waals surface area (Å²) >= 11 is 11.5. The minimum atomic E-state index is -0.565. The van der Waals surface area contributed by atoms with E-state index in [2.05, 4.69) is 5.32 Å². The van der Waals surface area contributed by atoms with Crippen molar-refractivity contribution in [2.45, 2.75) is 13.3 Å². The molecule has 0 saturated heterocycles. The summed E-state index contributed by atoms with van der Waals surface area (Å²) in [5.74, 6) is -1.09. The summed E-state index contributed by atoms with van der Waals surface area (Å²) in [6.07, 6.45) is 0.0806. The molecule has 0 aliphatic rings. The van der Waals surface area contributed by atoms with Gasteiger partial charge in [0.25, 0.3) is 0 Å². The molecular weight excluding hydrogens is 354 g/mol. The van der Waals surface area contributed by atoms with Crippen molar-refractivity contribution >= 4 is 46.4 Å². The van der Waals surface area contributed by atoms with Gasteiger partial charge in [0, 0.05) is 36.3 Å². The number of nitrogens with zero attached hydrogens (tertiary/aromatic N) is 1. The first-order valence-corrected chi connectivity index (χ1v) is 7.91. The summed E-state index contributed by atoms with van der Waals surface area (Å²) < 4.78 is 13.2. The maximum Gasteiger partial charge on any atom is 0.226 e. The average Bonchev–Trinajstić information content (AvgIpc) is 2.53. The van der Waals surface area contributed by atoms with Crippen LogP contribution in [0.25, 0.3) is 0 Å². The topological polar surface area (TPSA) is 49.4 Å². The number of hydrogen-bond acceptors (Lipinski definition) is 2. The molecule has 0 bridgehead atoms. The summed E-state index contributed by atoms with van der Waals surface area (Å²) in [7, 11) is 0. The normalized spacial score (nSPS) is 10.3. The molecule has 0 aliphatic carbocycles. The monoisotopic (exact) mass is 368 g/mol. The molecule has 2 aromatic rings. The lowest BCUT2D eigenvalue weighted by atomic mass is 10.2. The Morgan fingerprint density at radius 3 is 2.38 bits per heavy atom. The molecule has 0 heterocycles. The van der Waals surface area contributed by atoms with Crippen LogP contribution in [0.15, 0.2) is 42.5 Å². The van der Waals surface area contributed by atoms with E-state index in [4.69, 9.17) is 23.2 Å². The van der Waals surface area contributed by atoms with E-state index >= 15 is 0 Å². The van der Waals surface area contributed by atoms with Crippen LogP contribution in [0.2, 0.25) is 10.0 Å². The van der Waals surface area contributed by atoms with Crippen LogP contribution in [0.3, 0.4) is 0 Å². The van der Waals surface area contributed by atoms with E-state index in [0.29, 0.717) is 16.4 Å². The van der Waals surface area contributed by atoms with E-state index in [1.165, 1.54) is 30.0 Å². The molecule has 2 rings (SSSR count). The van der Waals surface area contributed by atoms with Crippen LogP contribution in [-0.2, 0) is 9.59 Å². The van der Waals surface area contributed by atoms with Crippen molar-refractivity contribution in [1.82, 2.24) is 0 Å². The minimum absolute atomic E-state index is 0.0793. The third kappa shape index (κ3) is 4.94. The van der Waals surface area contributed by atoms with E-state index in [0.717, 1.165) is 0 Å². The zero-order chi connectivity index (χ0) is 17.7. The highest BCUT2D eigenvalue weighted by atomic mass is 35.5. The lowest BCUT2D eigenvalue weighted by molar-refractivity contribution is -0.117. The van der Waals surface area contributed by atoms with E-state index in [1.54, 1.807) is 24.3 Å². The Kier molecular flexibility index (Phi) is 6.17. The van der Waals surface area contributed by atoms with E-state index in [9.17, 15) is 14.0 Å². The summed E-state index contributed by atoms with van der Waals surface area (Å²) in [5.41, 5.74) is 1.05. The lowest BCUT2D eigenvalue weighted by Gasteiger charge is -2.21. The SMILES string of the molecule is CC(=O)N(CCC(=O)Nc1ccc(Cl)cc1)c1ccc(F)c(Cl)c1. The molecule has 0 fully saturated rings.